The number of nitrogens with zero attached hydrogens (tertiary/aromatic N) is 4. The zero-order valence-electron chi connectivity index (χ0n) is 14.3. The highest BCUT2D eigenvalue weighted by atomic mass is 32.2. The second-order valence-electron chi connectivity index (χ2n) is 5.84. The van der Waals surface area contributed by atoms with Crippen LogP contribution in [0.2, 0.25) is 0 Å². The number of carbonyl (C=O) groups is 2. The van der Waals surface area contributed by atoms with Crippen LogP contribution in [0.1, 0.15) is 23.2 Å². The molecule has 10 heteroatoms. The molecule has 2 N–H and O–H groups in total. The Morgan fingerprint density at radius 3 is 2.81 bits per heavy atom. The van der Waals surface area contributed by atoms with E-state index in [0.29, 0.717) is 23.0 Å². The second kappa shape index (κ2) is 8.77. The van der Waals surface area contributed by atoms with E-state index in [0.717, 1.165) is 19.4 Å². The van der Waals surface area contributed by atoms with Crippen molar-refractivity contribution < 1.29 is 14.3 Å². The van der Waals surface area contributed by atoms with Crippen molar-refractivity contribution >= 4 is 29.3 Å². The zero-order chi connectivity index (χ0) is 18.4. The smallest absolute Gasteiger partial charge is 0.251 e. The van der Waals surface area contributed by atoms with Gasteiger partial charge in [-0.3, -0.25) is 9.59 Å². The molecule has 1 aliphatic rings. The van der Waals surface area contributed by atoms with Gasteiger partial charge in [0.2, 0.25) is 11.1 Å². The lowest BCUT2D eigenvalue weighted by molar-refractivity contribution is -0.113. The lowest BCUT2D eigenvalue weighted by Crippen LogP contribution is -2.31. The molecule has 1 fully saturated rings. The van der Waals surface area contributed by atoms with Gasteiger partial charge in [0.1, 0.15) is 0 Å². The van der Waals surface area contributed by atoms with E-state index in [9.17, 15) is 9.59 Å². The highest BCUT2D eigenvalue weighted by molar-refractivity contribution is 7.99. The Bertz CT molecular complexity index is 758. The summed E-state index contributed by atoms with van der Waals surface area (Å²) in [6.07, 6.45) is 2.13. The molecule has 2 heterocycles. The third kappa shape index (κ3) is 5.02. The molecule has 1 aromatic heterocycles. The number of rotatable bonds is 7. The van der Waals surface area contributed by atoms with Crippen LogP contribution >= 0.6 is 11.8 Å². The Hall–Kier alpha value is -2.46. The molecule has 1 atom stereocenters. The Morgan fingerprint density at radius 2 is 2.15 bits per heavy atom. The summed E-state index contributed by atoms with van der Waals surface area (Å²) in [7, 11) is 1.71. The van der Waals surface area contributed by atoms with Gasteiger partial charge in [-0.2, -0.15) is 0 Å². The fourth-order valence-corrected chi connectivity index (χ4v) is 3.14. The average Bonchev–Trinajstić information content (AvgIpc) is 3.30. The molecule has 0 saturated carbocycles. The minimum Gasteiger partial charge on any atom is -0.376 e. The number of aryl methyl sites for hydroxylation is 1. The lowest BCUT2D eigenvalue weighted by atomic mass is 10.2. The van der Waals surface area contributed by atoms with Gasteiger partial charge in [0.15, 0.2) is 0 Å². The molecular formula is C16H20N6O3S. The van der Waals surface area contributed by atoms with E-state index in [-0.39, 0.29) is 23.7 Å². The molecule has 0 aliphatic carbocycles. The third-order valence-electron chi connectivity index (χ3n) is 3.86. The molecule has 0 bridgehead atoms. The molecule has 9 nitrogen and oxygen atoms in total. The van der Waals surface area contributed by atoms with Crippen molar-refractivity contribution in [2.24, 2.45) is 7.05 Å². The predicted octanol–water partition coefficient (Wildman–Crippen LogP) is 0.850. The Labute approximate surface area is 154 Å². The van der Waals surface area contributed by atoms with Gasteiger partial charge >= 0.3 is 0 Å². The van der Waals surface area contributed by atoms with Crippen LogP contribution in [0.15, 0.2) is 29.4 Å². The normalized spacial score (nSPS) is 16.4. The summed E-state index contributed by atoms with van der Waals surface area (Å²) >= 11 is 1.25. The number of hydrogen-bond donors (Lipinski definition) is 2. The largest absolute Gasteiger partial charge is 0.376 e. The molecule has 1 unspecified atom stereocenters. The van der Waals surface area contributed by atoms with E-state index < -0.39 is 0 Å². The molecule has 2 aromatic rings. The van der Waals surface area contributed by atoms with Crippen LogP contribution < -0.4 is 10.6 Å². The van der Waals surface area contributed by atoms with Gasteiger partial charge in [-0.1, -0.05) is 11.8 Å². The van der Waals surface area contributed by atoms with Gasteiger partial charge in [-0.05, 0) is 47.5 Å². The van der Waals surface area contributed by atoms with Crippen molar-refractivity contribution in [3.05, 3.63) is 29.8 Å². The van der Waals surface area contributed by atoms with Crippen LogP contribution in [0.5, 0.6) is 0 Å². The van der Waals surface area contributed by atoms with Crippen LogP contribution in [-0.4, -0.2) is 57.0 Å². The van der Waals surface area contributed by atoms with Gasteiger partial charge in [-0.25, -0.2) is 4.68 Å². The molecule has 3 rings (SSSR count). The summed E-state index contributed by atoms with van der Waals surface area (Å²) in [5, 5.41) is 17.2. The van der Waals surface area contributed by atoms with Gasteiger partial charge in [-0.15, -0.1) is 5.10 Å². The first-order valence-corrected chi connectivity index (χ1v) is 9.25. The highest BCUT2D eigenvalue weighted by Crippen LogP contribution is 2.15. The van der Waals surface area contributed by atoms with E-state index in [1.54, 1.807) is 31.3 Å². The first kappa shape index (κ1) is 18.3. The van der Waals surface area contributed by atoms with Crippen molar-refractivity contribution in [2.45, 2.75) is 24.1 Å². The maximum Gasteiger partial charge on any atom is 0.251 e. The van der Waals surface area contributed by atoms with Gasteiger partial charge in [0.25, 0.3) is 5.91 Å². The summed E-state index contributed by atoms with van der Waals surface area (Å²) in [6, 6.07) is 6.77. The molecule has 1 saturated heterocycles. The number of ether oxygens (including phenoxy) is 1. The topological polar surface area (TPSA) is 111 Å². The predicted molar refractivity (Wildman–Crippen MR) is 95.9 cm³/mol. The number of nitrogens with one attached hydrogen (secondary N) is 2. The molecule has 26 heavy (non-hydrogen) atoms. The summed E-state index contributed by atoms with van der Waals surface area (Å²) in [5.74, 6) is -0.130. The number of anilines is 1. The molecule has 0 spiro atoms. The standard InChI is InChI=1S/C16H20N6O3S/c1-22-16(19-20-21-22)26-10-14(23)18-12-6-4-11(5-7-12)15(24)17-9-13-3-2-8-25-13/h4-7,13H,2-3,8-10H2,1H3,(H,17,24)(H,18,23). The SMILES string of the molecule is Cn1nnnc1SCC(=O)Nc1ccc(C(=O)NCC2CCCO2)cc1. The Balaban J connectivity index is 1.45. The van der Waals surface area contributed by atoms with Gasteiger partial charge in [0.05, 0.1) is 11.9 Å². The molecule has 138 valence electrons. The van der Waals surface area contributed by atoms with Crippen molar-refractivity contribution in [3.8, 4) is 0 Å². The average molecular weight is 376 g/mol. The first-order valence-electron chi connectivity index (χ1n) is 8.26. The fourth-order valence-electron chi connectivity index (χ4n) is 2.49. The zero-order valence-corrected chi connectivity index (χ0v) is 15.2. The van der Waals surface area contributed by atoms with E-state index in [2.05, 4.69) is 26.2 Å². The van der Waals surface area contributed by atoms with E-state index in [1.807, 2.05) is 0 Å². The van der Waals surface area contributed by atoms with E-state index >= 15 is 0 Å². The maximum absolute atomic E-state index is 12.1. The van der Waals surface area contributed by atoms with Crippen molar-refractivity contribution in [1.82, 2.24) is 25.5 Å². The lowest BCUT2D eigenvalue weighted by Gasteiger charge is -2.11. The number of aromatic nitrogens is 4. The maximum atomic E-state index is 12.1. The number of thioether (sulfide) groups is 1. The minimum absolute atomic E-state index is 0.110. The highest BCUT2D eigenvalue weighted by Gasteiger charge is 2.16. The summed E-state index contributed by atoms with van der Waals surface area (Å²) in [5.41, 5.74) is 1.17. The summed E-state index contributed by atoms with van der Waals surface area (Å²) < 4.78 is 6.98. The molecule has 1 aromatic carbocycles. The molecule has 1 aliphatic heterocycles. The van der Waals surface area contributed by atoms with Crippen molar-refractivity contribution in [3.63, 3.8) is 0 Å². The van der Waals surface area contributed by atoms with E-state index in [4.69, 9.17) is 4.74 Å². The summed E-state index contributed by atoms with van der Waals surface area (Å²) in [6.45, 7) is 1.28. The molecular weight excluding hydrogens is 356 g/mol. The second-order valence-corrected chi connectivity index (χ2v) is 6.79. The quantitative estimate of drug-likeness (QED) is 0.689. The van der Waals surface area contributed by atoms with Crippen LogP contribution in [0.25, 0.3) is 0 Å². The number of tetrazole rings is 1. The van der Waals surface area contributed by atoms with Crippen molar-refractivity contribution in [2.75, 3.05) is 24.2 Å². The number of carbonyl (C=O) groups excluding carboxylic acids is 2. The van der Waals surface area contributed by atoms with Crippen LogP contribution in [0.3, 0.4) is 0 Å². The first-order chi connectivity index (χ1) is 12.6. The number of benzene rings is 1. The molecule has 2 amide bonds. The van der Waals surface area contributed by atoms with Gasteiger partial charge < -0.3 is 15.4 Å². The van der Waals surface area contributed by atoms with Crippen LogP contribution in [0.4, 0.5) is 5.69 Å². The number of amides is 2. The molecule has 0 radical (unpaired) electrons. The van der Waals surface area contributed by atoms with Crippen molar-refractivity contribution in [1.29, 1.82) is 0 Å². The van der Waals surface area contributed by atoms with Crippen LogP contribution in [0, 0.1) is 0 Å². The third-order valence-corrected chi connectivity index (χ3v) is 4.87. The van der Waals surface area contributed by atoms with E-state index in [1.165, 1.54) is 16.4 Å². The Kier molecular flexibility index (Phi) is 6.18. The minimum atomic E-state index is -0.173. The van der Waals surface area contributed by atoms with Crippen LogP contribution in [-0.2, 0) is 16.6 Å². The summed E-state index contributed by atoms with van der Waals surface area (Å²) in [4.78, 5) is 24.1. The van der Waals surface area contributed by atoms with Gasteiger partial charge in [0, 0.05) is 31.5 Å². The monoisotopic (exact) mass is 376 g/mol. The Morgan fingerprint density at radius 1 is 1.35 bits per heavy atom. The number of hydrogen-bond acceptors (Lipinski definition) is 7. The fraction of sp³-hybridized carbons (Fsp3) is 0.438.